The smallest absolute Gasteiger partial charge is 0.290 e. The molecule has 0 saturated heterocycles. The predicted molar refractivity (Wildman–Crippen MR) is 34.3 cm³/mol. The van der Waals surface area contributed by atoms with E-state index in [1.54, 1.807) is 0 Å². The normalized spacial score (nSPS) is 9.00. The van der Waals surface area contributed by atoms with Gasteiger partial charge in [-0.3, -0.25) is 4.79 Å². The highest BCUT2D eigenvalue weighted by atomic mass is 28.4. The lowest BCUT2D eigenvalue weighted by atomic mass is 11.7. The van der Waals surface area contributed by atoms with E-state index < -0.39 is 8.32 Å². The Morgan fingerprint density at radius 3 is 1.38 bits per heavy atom. The van der Waals surface area contributed by atoms with Crippen molar-refractivity contribution in [2.75, 3.05) is 0 Å². The molecule has 0 fully saturated rings. The first kappa shape index (κ1) is 10.6. The van der Waals surface area contributed by atoms with E-state index in [-0.39, 0.29) is 6.47 Å². The van der Waals surface area contributed by atoms with E-state index in [0.29, 0.717) is 0 Å². The molecule has 0 aliphatic heterocycles. The molecule has 0 heterocycles. The number of hydrogen-bond donors (Lipinski definition) is 2. The van der Waals surface area contributed by atoms with Crippen LogP contribution in [0.4, 0.5) is 0 Å². The lowest BCUT2D eigenvalue weighted by molar-refractivity contribution is -0.122. The highest BCUT2D eigenvalue weighted by Crippen LogP contribution is 1.88. The van der Waals surface area contributed by atoms with Crippen LogP contribution < -0.4 is 0 Å². The molecule has 0 rings (SSSR count). The predicted octanol–water partition coefficient (Wildman–Crippen LogP) is 0.514. The molecule has 0 bridgehead atoms. The maximum absolute atomic E-state index is 8.66. The van der Waals surface area contributed by atoms with Crippen molar-refractivity contribution in [2.45, 2.75) is 19.6 Å². The molecule has 0 aromatic heterocycles. The molecule has 2 N–H and O–H groups in total. The maximum atomic E-state index is 8.66. The number of carboxylic acid groups (broad SMARTS) is 1. The number of hydrogen-bond acceptors (Lipinski definition) is 2. The average molecular weight is 136 g/mol. The van der Waals surface area contributed by atoms with E-state index in [9.17, 15) is 0 Å². The third-order valence-corrected chi connectivity index (χ3v) is 0. The van der Waals surface area contributed by atoms with Gasteiger partial charge >= 0.3 is 0 Å². The van der Waals surface area contributed by atoms with Gasteiger partial charge in [0, 0.05) is 0 Å². The van der Waals surface area contributed by atoms with Gasteiger partial charge in [0.15, 0.2) is 8.32 Å². The Kier molecular flexibility index (Phi) is 6.35. The van der Waals surface area contributed by atoms with Gasteiger partial charge in [0.2, 0.25) is 0 Å². The Morgan fingerprint density at radius 1 is 1.38 bits per heavy atom. The fourth-order valence-corrected chi connectivity index (χ4v) is 0. The van der Waals surface area contributed by atoms with Gasteiger partial charge in [-0.1, -0.05) is 0 Å². The zero-order chi connectivity index (χ0) is 7.21. The first-order valence-electron chi connectivity index (χ1n) is 2.22. The summed E-state index contributed by atoms with van der Waals surface area (Å²) < 4.78 is 0. The molecule has 3 nitrogen and oxygen atoms in total. The molecule has 0 aromatic rings. The largest absolute Gasteiger partial charge is 0.483 e. The van der Waals surface area contributed by atoms with Crippen LogP contribution in [0.2, 0.25) is 19.6 Å². The van der Waals surface area contributed by atoms with Crippen molar-refractivity contribution in [3.63, 3.8) is 0 Å². The molecule has 0 radical (unpaired) electrons. The second-order valence-corrected chi connectivity index (χ2v) is 6.62. The van der Waals surface area contributed by atoms with E-state index in [1.807, 2.05) is 19.6 Å². The molecule has 0 aliphatic carbocycles. The first-order chi connectivity index (χ1) is 3.41. The van der Waals surface area contributed by atoms with E-state index in [4.69, 9.17) is 14.7 Å². The van der Waals surface area contributed by atoms with Crippen molar-refractivity contribution in [1.29, 1.82) is 0 Å². The fraction of sp³-hybridized carbons (Fsp3) is 0.750. The third-order valence-electron chi connectivity index (χ3n) is 0. The SMILES string of the molecule is C[Si](C)(C)O.O=CO. The Balaban J connectivity index is 0. The fourth-order valence-electron chi connectivity index (χ4n) is 0. The molecule has 0 aliphatic rings. The lowest BCUT2D eigenvalue weighted by Crippen LogP contribution is -2.17. The number of rotatable bonds is 0. The van der Waals surface area contributed by atoms with Crippen LogP contribution in [0.5, 0.6) is 0 Å². The van der Waals surface area contributed by atoms with Crippen molar-refractivity contribution in [3.8, 4) is 0 Å². The van der Waals surface area contributed by atoms with Crippen LogP contribution in [0.1, 0.15) is 0 Å². The van der Waals surface area contributed by atoms with Gasteiger partial charge < -0.3 is 9.90 Å². The van der Waals surface area contributed by atoms with Crippen molar-refractivity contribution >= 4 is 14.8 Å². The van der Waals surface area contributed by atoms with E-state index >= 15 is 0 Å². The molecular formula is C4H12O3Si. The minimum atomic E-state index is -1.61. The lowest BCUT2D eigenvalue weighted by Gasteiger charge is -2.00. The third kappa shape index (κ3) is 978. The molecule has 0 spiro atoms. The summed E-state index contributed by atoms with van der Waals surface area (Å²) in [5.41, 5.74) is 0. The molecule has 0 saturated carbocycles. The summed E-state index contributed by atoms with van der Waals surface area (Å²) in [4.78, 5) is 17.0. The van der Waals surface area contributed by atoms with Gasteiger partial charge in [-0.15, -0.1) is 0 Å². The molecule has 8 heavy (non-hydrogen) atoms. The Morgan fingerprint density at radius 2 is 1.38 bits per heavy atom. The van der Waals surface area contributed by atoms with E-state index in [2.05, 4.69) is 0 Å². The second-order valence-electron chi connectivity index (χ2n) is 2.28. The summed E-state index contributed by atoms with van der Waals surface area (Å²) >= 11 is 0. The Labute approximate surface area is 50.1 Å². The van der Waals surface area contributed by atoms with Crippen molar-refractivity contribution < 1.29 is 14.7 Å². The summed E-state index contributed by atoms with van der Waals surface area (Å²) in [5.74, 6) is 0. The van der Waals surface area contributed by atoms with Gasteiger partial charge in [0.25, 0.3) is 6.47 Å². The van der Waals surface area contributed by atoms with Crippen LogP contribution in [0, 0.1) is 0 Å². The van der Waals surface area contributed by atoms with Crippen molar-refractivity contribution in [1.82, 2.24) is 0 Å². The Bertz CT molecular complexity index is 50.8. The van der Waals surface area contributed by atoms with Crippen LogP contribution in [0.25, 0.3) is 0 Å². The first-order valence-corrected chi connectivity index (χ1v) is 5.66. The molecule has 0 aromatic carbocycles. The van der Waals surface area contributed by atoms with Crippen LogP contribution in [-0.4, -0.2) is 24.7 Å². The quantitative estimate of drug-likeness (QED) is 0.377. The molecule has 0 amide bonds. The Hall–Kier alpha value is -0.353. The van der Waals surface area contributed by atoms with Gasteiger partial charge in [-0.2, -0.15) is 0 Å². The van der Waals surface area contributed by atoms with Crippen LogP contribution in [0.3, 0.4) is 0 Å². The van der Waals surface area contributed by atoms with E-state index in [0.717, 1.165) is 0 Å². The zero-order valence-corrected chi connectivity index (χ0v) is 6.38. The van der Waals surface area contributed by atoms with Crippen molar-refractivity contribution in [3.05, 3.63) is 0 Å². The standard InChI is InChI=1S/C3H10OSi.CH2O2/c1-5(2,3)4;2-1-3/h4H,1-3H3;1H,(H,2,3). The van der Waals surface area contributed by atoms with Crippen LogP contribution in [0.15, 0.2) is 0 Å². The minimum Gasteiger partial charge on any atom is -0.483 e. The molecular weight excluding hydrogens is 124 g/mol. The van der Waals surface area contributed by atoms with E-state index in [1.165, 1.54) is 0 Å². The topological polar surface area (TPSA) is 57.5 Å². The number of carbonyl (C=O) groups is 1. The average Bonchev–Trinajstić information content (AvgIpc) is 1.27. The maximum Gasteiger partial charge on any atom is 0.290 e. The highest BCUT2D eigenvalue weighted by molar-refractivity contribution is 6.68. The molecule has 0 atom stereocenters. The van der Waals surface area contributed by atoms with Crippen LogP contribution in [-0.2, 0) is 4.79 Å². The van der Waals surface area contributed by atoms with Gasteiger partial charge in [-0.25, -0.2) is 0 Å². The highest BCUT2D eigenvalue weighted by Gasteiger charge is 2.03. The zero-order valence-electron chi connectivity index (χ0n) is 5.38. The molecule has 50 valence electrons. The monoisotopic (exact) mass is 136 g/mol. The summed E-state index contributed by atoms with van der Waals surface area (Å²) in [6.07, 6.45) is 0. The van der Waals surface area contributed by atoms with Gasteiger partial charge in [0.05, 0.1) is 0 Å². The van der Waals surface area contributed by atoms with Crippen molar-refractivity contribution in [2.24, 2.45) is 0 Å². The van der Waals surface area contributed by atoms with Gasteiger partial charge in [0.1, 0.15) is 0 Å². The summed E-state index contributed by atoms with van der Waals surface area (Å²) in [5, 5.41) is 6.89. The molecule has 4 heteroatoms. The van der Waals surface area contributed by atoms with Gasteiger partial charge in [-0.05, 0) is 19.6 Å². The summed E-state index contributed by atoms with van der Waals surface area (Å²) in [7, 11) is -1.61. The molecule has 0 unspecified atom stereocenters. The summed E-state index contributed by atoms with van der Waals surface area (Å²) in [6.45, 7) is 5.40. The van der Waals surface area contributed by atoms with Crippen LogP contribution >= 0.6 is 0 Å². The minimum absolute atomic E-state index is 0.250. The summed E-state index contributed by atoms with van der Waals surface area (Å²) in [6, 6.07) is 0. The second kappa shape index (κ2) is 4.80.